The highest BCUT2D eigenvalue weighted by atomic mass is 16.5. The van der Waals surface area contributed by atoms with Gasteiger partial charge >= 0.3 is 5.97 Å². The number of carbonyl (C=O) groups is 1. The van der Waals surface area contributed by atoms with Gasteiger partial charge < -0.3 is 15.2 Å². The zero-order valence-corrected chi connectivity index (χ0v) is 18.4. The van der Waals surface area contributed by atoms with Gasteiger partial charge in [0.1, 0.15) is 5.75 Å². The third-order valence-electron chi connectivity index (χ3n) is 4.92. The second kappa shape index (κ2) is 10.8. The summed E-state index contributed by atoms with van der Waals surface area (Å²) in [5, 5.41) is 11.9. The topological polar surface area (TPSA) is 111 Å². The Balaban J connectivity index is 2.44. The molecule has 1 unspecified atom stereocenters. The van der Waals surface area contributed by atoms with Crippen LogP contribution in [0.25, 0.3) is 0 Å². The summed E-state index contributed by atoms with van der Waals surface area (Å²) in [5.41, 5.74) is 8.97. The average molecular weight is 417 g/mol. The van der Waals surface area contributed by atoms with Gasteiger partial charge in [-0.25, -0.2) is 10.0 Å². The molecule has 0 aliphatic carbocycles. The van der Waals surface area contributed by atoms with Crippen LogP contribution in [0.3, 0.4) is 0 Å². The summed E-state index contributed by atoms with van der Waals surface area (Å²) in [6.07, 6.45) is 2.32. The van der Waals surface area contributed by atoms with E-state index < -0.39 is 0 Å². The van der Waals surface area contributed by atoms with Crippen LogP contribution in [-0.2, 0) is 22.4 Å². The highest BCUT2D eigenvalue weighted by Gasteiger charge is 2.21. The van der Waals surface area contributed by atoms with Crippen molar-refractivity contribution in [1.29, 1.82) is 0 Å². The minimum Gasteiger partial charge on any atom is -0.496 e. The fourth-order valence-electron chi connectivity index (χ4n) is 3.40. The van der Waals surface area contributed by atoms with Crippen molar-refractivity contribution in [3.05, 3.63) is 40.6 Å². The maximum atomic E-state index is 11.9. The van der Waals surface area contributed by atoms with Gasteiger partial charge in [0.15, 0.2) is 5.82 Å². The minimum absolute atomic E-state index is 0.108. The van der Waals surface area contributed by atoms with Gasteiger partial charge in [0.05, 0.1) is 26.2 Å². The van der Waals surface area contributed by atoms with E-state index >= 15 is 0 Å². The summed E-state index contributed by atoms with van der Waals surface area (Å²) in [6.45, 7) is 7.95. The van der Waals surface area contributed by atoms with Crippen LogP contribution in [0.5, 0.6) is 5.75 Å². The van der Waals surface area contributed by atoms with Crippen molar-refractivity contribution in [3.63, 3.8) is 0 Å². The molecule has 1 aromatic heterocycles. The molecule has 0 amide bonds. The number of carbonyl (C=O) groups excluding carboxylic acids is 1. The molecule has 0 radical (unpaired) electrons. The predicted molar refractivity (Wildman–Crippen MR) is 116 cm³/mol. The number of ether oxygens (including phenoxy) is 2. The first-order valence-corrected chi connectivity index (χ1v) is 10.2. The zero-order chi connectivity index (χ0) is 22.3. The number of aromatic nitrogens is 2. The third-order valence-corrected chi connectivity index (χ3v) is 4.92. The van der Waals surface area contributed by atoms with E-state index in [0.29, 0.717) is 30.3 Å². The molecule has 0 fully saturated rings. The molecule has 30 heavy (non-hydrogen) atoms. The van der Waals surface area contributed by atoms with Gasteiger partial charge in [-0.2, -0.15) is 4.98 Å². The number of nitrogens with zero attached hydrogens (tertiary/aromatic N) is 3. The van der Waals surface area contributed by atoms with E-state index in [1.807, 2.05) is 32.0 Å². The standard InChI is InChI=1S/C22H32N4O4/c1-6-8-14(3)26(28)21-18(15(4)24-22(23)25-21)13-17-11-16(9-10-19(17)29-5)12-20(27)30-7-2/h9-11,14,28H,6-8,12-13H2,1-5H3,(H2,23,24,25). The van der Waals surface area contributed by atoms with Crippen LogP contribution in [-0.4, -0.2) is 40.9 Å². The number of anilines is 2. The number of hydrogen-bond acceptors (Lipinski definition) is 8. The van der Waals surface area contributed by atoms with Crippen molar-refractivity contribution in [3.8, 4) is 5.75 Å². The highest BCUT2D eigenvalue weighted by Crippen LogP contribution is 2.30. The second-order valence-electron chi connectivity index (χ2n) is 7.26. The number of nitrogens with two attached hydrogens (primary N) is 1. The lowest BCUT2D eigenvalue weighted by molar-refractivity contribution is -0.142. The van der Waals surface area contributed by atoms with Crippen LogP contribution in [0.15, 0.2) is 18.2 Å². The number of nitrogen functional groups attached to an aromatic ring is 1. The summed E-state index contributed by atoms with van der Waals surface area (Å²) < 4.78 is 10.6. The molecule has 1 atom stereocenters. The number of hydrogen-bond donors (Lipinski definition) is 2. The van der Waals surface area contributed by atoms with E-state index in [9.17, 15) is 10.0 Å². The fraction of sp³-hybridized carbons (Fsp3) is 0.500. The maximum Gasteiger partial charge on any atom is 0.310 e. The Morgan fingerprint density at radius 2 is 2.03 bits per heavy atom. The molecule has 164 valence electrons. The predicted octanol–water partition coefficient (Wildman–Crippen LogP) is 3.46. The fourth-order valence-corrected chi connectivity index (χ4v) is 3.40. The van der Waals surface area contributed by atoms with E-state index in [-0.39, 0.29) is 24.4 Å². The second-order valence-corrected chi connectivity index (χ2v) is 7.26. The quantitative estimate of drug-likeness (QED) is 0.447. The van der Waals surface area contributed by atoms with Crippen molar-refractivity contribution in [2.75, 3.05) is 24.5 Å². The minimum atomic E-state index is -0.281. The Bertz CT molecular complexity index is 872. The Labute approximate surface area is 178 Å². The third kappa shape index (κ3) is 5.82. The van der Waals surface area contributed by atoms with Gasteiger partial charge in [0.25, 0.3) is 0 Å². The van der Waals surface area contributed by atoms with E-state index in [0.717, 1.165) is 29.5 Å². The Kier molecular flexibility index (Phi) is 8.41. The molecule has 0 spiro atoms. The van der Waals surface area contributed by atoms with Crippen LogP contribution < -0.4 is 15.5 Å². The van der Waals surface area contributed by atoms with E-state index in [2.05, 4.69) is 16.9 Å². The smallest absolute Gasteiger partial charge is 0.310 e. The molecule has 3 N–H and O–H groups in total. The monoisotopic (exact) mass is 416 g/mol. The summed E-state index contributed by atoms with van der Waals surface area (Å²) in [7, 11) is 1.60. The van der Waals surface area contributed by atoms with E-state index in [1.165, 1.54) is 5.06 Å². The van der Waals surface area contributed by atoms with E-state index in [1.54, 1.807) is 14.0 Å². The highest BCUT2D eigenvalue weighted by molar-refractivity contribution is 5.72. The van der Waals surface area contributed by atoms with E-state index in [4.69, 9.17) is 15.2 Å². The Morgan fingerprint density at radius 3 is 2.67 bits per heavy atom. The molecule has 1 heterocycles. The van der Waals surface area contributed by atoms with Crippen molar-refractivity contribution < 1.29 is 19.5 Å². The summed E-state index contributed by atoms with van der Waals surface area (Å²) in [6, 6.07) is 5.45. The Morgan fingerprint density at radius 1 is 1.30 bits per heavy atom. The van der Waals surface area contributed by atoms with Crippen molar-refractivity contribution >= 4 is 17.7 Å². The van der Waals surface area contributed by atoms with Crippen LogP contribution in [0.4, 0.5) is 11.8 Å². The molecule has 0 bridgehead atoms. The molecule has 0 aliphatic heterocycles. The summed E-state index contributed by atoms with van der Waals surface area (Å²) >= 11 is 0. The molecule has 2 aromatic rings. The lowest BCUT2D eigenvalue weighted by Crippen LogP contribution is -2.31. The average Bonchev–Trinajstić information content (AvgIpc) is 2.69. The van der Waals surface area contributed by atoms with Crippen molar-refractivity contribution in [1.82, 2.24) is 9.97 Å². The largest absolute Gasteiger partial charge is 0.496 e. The normalized spacial score (nSPS) is 11.8. The SMILES string of the molecule is CCCC(C)N(O)c1nc(N)nc(C)c1Cc1cc(CC(=O)OCC)ccc1OC. The Hall–Kier alpha value is -2.87. The van der Waals surface area contributed by atoms with Gasteiger partial charge in [0, 0.05) is 17.7 Å². The molecule has 8 nitrogen and oxygen atoms in total. The van der Waals surface area contributed by atoms with Crippen molar-refractivity contribution in [2.24, 2.45) is 0 Å². The number of benzene rings is 1. The van der Waals surface area contributed by atoms with Crippen molar-refractivity contribution in [2.45, 2.75) is 59.4 Å². The first-order chi connectivity index (χ1) is 14.3. The van der Waals surface area contributed by atoms with Crippen LogP contribution in [0.1, 0.15) is 56.0 Å². The molecule has 2 rings (SSSR count). The van der Waals surface area contributed by atoms with Crippen LogP contribution in [0.2, 0.25) is 0 Å². The number of aryl methyl sites for hydroxylation is 1. The van der Waals surface area contributed by atoms with Gasteiger partial charge in [-0.05, 0) is 44.4 Å². The maximum absolute atomic E-state index is 11.9. The van der Waals surface area contributed by atoms with Crippen LogP contribution in [0, 0.1) is 6.92 Å². The first kappa shape index (κ1) is 23.4. The summed E-state index contributed by atoms with van der Waals surface area (Å²) in [4.78, 5) is 20.5. The summed E-state index contributed by atoms with van der Waals surface area (Å²) in [5.74, 6) is 0.892. The first-order valence-electron chi connectivity index (χ1n) is 10.2. The van der Waals surface area contributed by atoms with Crippen LogP contribution >= 0.6 is 0 Å². The van der Waals surface area contributed by atoms with Gasteiger partial charge in [-0.15, -0.1) is 0 Å². The lowest BCUT2D eigenvalue weighted by atomic mass is 9.99. The van der Waals surface area contributed by atoms with Gasteiger partial charge in [-0.3, -0.25) is 10.0 Å². The molecule has 0 saturated carbocycles. The van der Waals surface area contributed by atoms with Gasteiger partial charge in [-0.1, -0.05) is 25.5 Å². The number of methoxy groups -OCH3 is 1. The molecule has 0 saturated heterocycles. The number of esters is 1. The molecule has 0 aliphatic rings. The zero-order valence-electron chi connectivity index (χ0n) is 18.4. The number of rotatable bonds is 10. The number of hydroxylamine groups is 1. The molecule has 1 aromatic carbocycles. The lowest BCUT2D eigenvalue weighted by Gasteiger charge is -2.26. The van der Waals surface area contributed by atoms with Gasteiger partial charge in [0.2, 0.25) is 5.95 Å². The molecular formula is C22H32N4O4. The molecule has 8 heteroatoms. The molecular weight excluding hydrogens is 384 g/mol.